The monoisotopic (exact) mass is 213 g/mol. The van der Waals surface area contributed by atoms with Crippen LogP contribution in [0.15, 0.2) is 0 Å². The van der Waals surface area contributed by atoms with Gasteiger partial charge in [-0.1, -0.05) is 0 Å². The molecule has 0 aromatic heterocycles. The number of rotatable bonds is 6. The van der Waals surface area contributed by atoms with Crippen molar-refractivity contribution in [1.29, 1.82) is 0 Å². The molecule has 1 aliphatic carbocycles. The Morgan fingerprint density at radius 3 is 2.60 bits per heavy atom. The van der Waals surface area contributed by atoms with E-state index in [9.17, 15) is 4.79 Å². The van der Waals surface area contributed by atoms with Crippen molar-refractivity contribution in [3.05, 3.63) is 0 Å². The first-order valence-electron chi connectivity index (χ1n) is 5.65. The maximum absolute atomic E-state index is 11.4. The van der Waals surface area contributed by atoms with E-state index in [1.807, 2.05) is 0 Å². The van der Waals surface area contributed by atoms with Crippen LogP contribution in [-0.2, 0) is 4.79 Å². The lowest BCUT2D eigenvalue weighted by molar-refractivity contribution is -0.125. The molecule has 0 aromatic rings. The summed E-state index contributed by atoms with van der Waals surface area (Å²) in [6.45, 7) is 6.18. The number of carbonyl (C=O) groups is 1. The zero-order valence-electron chi connectivity index (χ0n) is 10.0. The van der Waals surface area contributed by atoms with Gasteiger partial charge in [-0.05, 0) is 39.7 Å². The number of amides is 1. The van der Waals surface area contributed by atoms with Crippen LogP contribution < -0.4 is 11.1 Å². The van der Waals surface area contributed by atoms with Gasteiger partial charge in [0.05, 0.1) is 5.54 Å². The van der Waals surface area contributed by atoms with E-state index in [2.05, 4.69) is 17.3 Å². The van der Waals surface area contributed by atoms with Gasteiger partial charge in [0, 0.05) is 19.6 Å². The molecule has 88 valence electrons. The van der Waals surface area contributed by atoms with E-state index in [4.69, 9.17) is 5.73 Å². The third-order valence-electron chi connectivity index (χ3n) is 2.63. The number of hydrogen-bond donors (Lipinski definition) is 2. The molecule has 0 radical (unpaired) electrons. The van der Waals surface area contributed by atoms with Gasteiger partial charge in [0.2, 0.25) is 5.91 Å². The number of likely N-dealkylation sites (N-methyl/N-ethyl adjacent to an activating group) is 1. The van der Waals surface area contributed by atoms with Crippen molar-refractivity contribution in [1.82, 2.24) is 10.2 Å². The van der Waals surface area contributed by atoms with E-state index < -0.39 is 5.54 Å². The first kappa shape index (κ1) is 12.5. The Morgan fingerprint density at radius 2 is 2.13 bits per heavy atom. The van der Waals surface area contributed by atoms with E-state index in [-0.39, 0.29) is 5.91 Å². The first-order chi connectivity index (χ1) is 6.89. The third kappa shape index (κ3) is 5.14. The van der Waals surface area contributed by atoms with Crippen LogP contribution in [0.1, 0.15) is 26.7 Å². The first-order valence-corrected chi connectivity index (χ1v) is 5.65. The Labute approximate surface area is 92.2 Å². The number of hydrogen-bond acceptors (Lipinski definition) is 3. The predicted octanol–water partition coefficient (Wildman–Crippen LogP) is 0.182. The average Bonchev–Trinajstić information content (AvgIpc) is 2.86. The number of nitrogens with zero attached hydrogens (tertiary/aromatic N) is 1. The van der Waals surface area contributed by atoms with Crippen LogP contribution in [-0.4, -0.2) is 43.0 Å². The summed E-state index contributed by atoms with van der Waals surface area (Å²) >= 11 is 0. The van der Waals surface area contributed by atoms with Gasteiger partial charge in [-0.15, -0.1) is 0 Å². The lowest BCUT2D eigenvalue weighted by Crippen LogP contribution is -2.50. The summed E-state index contributed by atoms with van der Waals surface area (Å²) in [4.78, 5) is 13.7. The van der Waals surface area contributed by atoms with Crippen LogP contribution in [0.4, 0.5) is 0 Å². The third-order valence-corrected chi connectivity index (χ3v) is 2.63. The Balaban J connectivity index is 2.06. The normalized spacial score (nSPS) is 16.9. The van der Waals surface area contributed by atoms with Crippen LogP contribution in [0.3, 0.4) is 0 Å². The number of nitrogens with two attached hydrogens (primary N) is 1. The van der Waals surface area contributed by atoms with Gasteiger partial charge < -0.3 is 16.0 Å². The highest BCUT2D eigenvalue weighted by Crippen LogP contribution is 2.29. The number of carbonyl (C=O) groups excluding carboxylic acids is 1. The molecule has 1 amide bonds. The van der Waals surface area contributed by atoms with E-state index in [1.54, 1.807) is 13.8 Å². The molecule has 1 saturated carbocycles. The summed E-state index contributed by atoms with van der Waals surface area (Å²) in [6, 6.07) is 0. The van der Waals surface area contributed by atoms with Gasteiger partial charge in [-0.25, -0.2) is 0 Å². The molecule has 4 nitrogen and oxygen atoms in total. The zero-order valence-corrected chi connectivity index (χ0v) is 10.0. The molecule has 0 aliphatic heterocycles. The average molecular weight is 213 g/mol. The quantitative estimate of drug-likeness (QED) is 0.662. The van der Waals surface area contributed by atoms with Crippen LogP contribution in [0.2, 0.25) is 0 Å². The second-order valence-corrected chi connectivity index (χ2v) is 5.18. The van der Waals surface area contributed by atoms with Crippen molar-refractivity contribution in [3.63, 3.8) is 0 Å². The fourth-order valence-corrected chi connectivity index (χ4v) is 1.42. The molecule has 0 saturated heterocycles. The zero-order chi connectivity index (χ0) is 11.5. The Kier molecular flexibility index (Phi) is 4.11. The highest BCUT2D eigenvalue weighted by atomic mass is 16.2. The largest absolute Gasteiger partial charge is 0.353 e. The highest BCUT2D eigenvalue weighted by molar-refractivity contribution is 5.84. The molecule has 0 atom stereocenters. The van der Waals surface area contributed by atoms with Gasteiger partial charge in [0.25, 0.3) is 0 Å². The molecule has 15 heavy (non-hydrogen) atoms. The minimum Gasteiger partial charge on any atom is -0.353 e. The molecule has 1 aliphatic rings. The van der Waals surface area contributed by atoms with Crippen LogP contribution in [0.5, 0.6) is 0 Å². The maximum atomic E-state index is 11.4. The maximum Gasteiger partial charge on any atom is 0.239 e. The van der Waals surface area contributed by atoms with Crippen molar-refractivity contribution < 1.29 is 4.79 Å². The number of nitrogens with one attached hydrogen (secondary N) is 1. The molecule has 0 unspecified atom stereocenters. The van der Waals surface area contributed by atoms with Crippen LogP contribution in [0, 0.1) is 5.92 Å². The van der Waals surface area contributed by atoms with Gasteiger partial charge in [-0.3, -0.25) is 4.79 Å². The van der Waals surface area contributed by atoms with Crippen molar-refractivity contribution in [2.24, 2.45) is 11.7 Å². The summed E-state index contributed by atoms with van der Waals surface area (Å²) in [5.41, 5.74) is 4.89. The molecule has 0 spiro atoms. The summed E-state index contributed by atoms with van der Waals surface area (Å²) in [6.07, 6.45) is 2.74. The second-order valence-electron chi connectivity index (χ2n) is 5.18. The van der Waals surface area contributed by atoms with E-state index >= 15 is 0 Å². The van der Waals surface area contributed by atoms with Crippen LogP contribution in [0.25, 0.3) is 0 Å². The van der Waals surface area contributed by atoms with Crippen molar-refractivity contribution in [2.45, 2.75) is 32.2 Å². The molecule has 1 fully saturated rings. The summed E-state index contributed by atoms with van der Waals surface area (Å²) < 4.78 is 0. The molecule has 0 aromatic carbocycles. The standard InChI is InChI=1S/C11H23N3O/c1-11(2,12)10(15)13-6-7-14(3)8-9-4-5-9/h9H,4-8,12H2,1-3H3,(H,13,15). The fraction of sp³-hybridized carbons (Fsp3) is 0.909. The van der Waals surface area contributed by atoms with Gasteiger partial charge >= 0.3 is 0 Å². The fourth-order valence-electron chi connectivity index (χ4n) is 1.42. The molecule has 3 N–H and O–H groups in total. The van der Waals surface area contributed by atoms with Gasteiger partial charge in [0.15, 0.2) is 0 Å². The topological polar surface area (TPSA) is 58.4 Å². The van der Waals surface area contributed by atoms with Crippen molar-refractivity contribution in [3.8, 4) is 0 Å². The molecule has 0 bridgehead atoms. The van der Waals surface area contributed by atoms with Gasteiger partial charge in [-0.2, -0.15) is 0 Å². The SMILES string of the molecule is CN(CCNC(=O)C(C)(C)N)CC1CC1. The lowest BCUT2D eigenvalue weighted by Gasteiger charge is -2.20. The van der Waals surface area contributed by atoms with Crippen LogP contribution >= 0.6 is 0 Å². The Hall–Kier alpha value is -0.610. The Morgan fingerprint density at radius 1 is 1.53 bits per heavy atom. The minimum absolute atomic E-state index is 0.0812. The van der Waals surface area contributed by atoms with E-state index in [0.717, 1.165) is 19.0 Å². The smallest absolute Gasteiger partial charge is 0.239 e. The van der Waals surface area contributed by atoms with Crippen molar-refractivity contribution >= 4 is 5.91 Å². The molecule has 4 heteroatoms. The highest BCUT2D eigenvalue weighted by Gasteiger charge is 2.23. The molecule has 1 rings (SSSR count). The predicted molar refractivity (Wildman–Crippen MR) is 61.5 cm³/mol. The summed E-state index contributed by atoms with van der Waals surface area (Å²) in [7, 11) is 2.10. The Bertz CT molecular complexity index is 218. The summed E-state index contributed by atoms with van der Waals surface area (Å²) in [5.74, 6) is 0.818. The summed E-state index contributed by atoms with van der Waals surface area (Å²) in [5, 5.41) is 2.84. The van der Waals surface area contributed by atoms with E-state index in [1.165, 1.54) is 12.8 Å². The minimum atomic E-state index is -0.769. The molecular weight excluding hydrogens is 190 g/mol. The van der Waals surface area contributed by atoms with Gasteiger partial charge in [0.1, 0.15) is 0 Å². The lowest BCUT2D eigenvalue weighted by atomic mass is 10.1. The molecular formula is C11H23N3O. The van der Waals surface area contributed by atoms with Crippen molar-refractivity contribution in [2.75, 3.05) is 26.7 Å². The van der Waals surface area contributed by atoms with E-state index in [0.29, 0.717) is 6.54 Å². The molecule has 0 heterocycles. The second kappa shape index (κ2) is 4.94.